The van der Waals surface area contributed by atoms with E-state index in [2.05, 4.69) is 27.9 Å². The molecule has 0 atom stereocenters. The largest absolute Gasteiger partial charge is 0.353 e. The third kappa shape index (κ3) is 3.33. The molecule has 0 radical (unpaired) electrons. The average molecular weight is 340 g/mol. The van der Waals surface area contributed by atoms with Crippen LogP contribution in [0, 0.1) is 3.57 Å². The number of hydrogen-bond donors (Lipinski definition) is 1. The van der Waals surface area contributed by atoms with Crippen LogP contribution in [0.1, 0.15) is 10.4 Å². The first-order valence-electron chi connectivity index (χ1n) is 5.41. The SMILES string of the molecule is O=C(NCCn1cccc1)c1ccccc1I. The van der Waals surface area contributed by atoms with E-state index in [9.17, 15) is 4.79 Å². The van der Waals surface area contributed by atoms with Gasteiger partial charge in [-0.15, -0.1) is 0 Å². The van der Waals surface area contributed by atoms with Gasteiger partial charge >= 0.3 is 0 Å². The van der Waals surface area contributed by atoms with Crippen molar-refractivity contribution in [2.75, 3.05) is 6.54 Å². The second-order valence-electron chi connectivity index (χ2n) is 3.66. The monoisotopic (exact) mass is 340 g/mol. The Hall–Kier alpha value is -1.30. The fraction of sp³-hybridized carbons (Fsp3) is 0.154. The summed E-state index contributed by atoms with van der Waals surface area (Å²) in [6, 6.07) is 11.5. The van der Waals surface area contributed by atoms with Crippen LogP contribution in [0.15, 0.2) is 48.8 Å². The molecule has 3 nitrogen and oxygen atoms in total. The maximum atomic E-state index is 11.9. The number of rotatable bonds is 4. The number of hydrogen-bond acceptors (Lipinski definition) is 1. The topological polar surface area (TPSA) is 34.0 Å². The Kier molecular flexibility index (Phi) is 4.19. The Balaban J connectivity index is 1.88. The molecule has 0 spiro atoms. The van der Waals surface area contributed by atoms with Gasteiger partial charge in [-0.05, 0) is 46.9 Å². The van der Waals surface area contributed by atoms with Gasteiger partial charge < -0.3 is 9.88 Å². The van der Waals surface area contributed by atoms with Crippen LogP contribution in [0.4, 0.5) is 0 Å². The van der Waals surface area contributed by atoms with Gasteiger partial charge in [0.25, 0.3) is 5.91 Å². The molecule has 2 aromatic rings. The van der Waals surface area contributed by atoms with Gasteiger partial charge in [0.1, 0.15) is 0 Å². The number of nitrogens with zero attached hydrogens (tertiary/aromatic N) is 1. The molecule has 17 heavy (non-hydrogen) atoms. The Bertz CT molecular complexity index is 494. The van der Waals surface area contributed by atoms with Gasteiger partial charge in [0, 0.05) is 29.1 Å². The van der Waals surface area contributed by atoms with Crippen molar-refractivity contribution in [3.05, 3.63) is 57.9 Å². The highest BCUT2D eigenvalue weighted by Crippen LogP contribution is 2.10. The Morgan fingerprint density at radius 1 is 1.18 bits per heavy atom. The van der Waals surface area contributed by atoms with Crippen LogP contribution in [0.2, 0.25) is 0 Å². The van der Waals surface area contributed by atoms with Crippen molar-refractivity contribution in [3.63, 3.8) is 0 Å². The molecule has 0 saturated carbocycles. The smallest absolute Gasteiger partial charge is 0.252 e. The quantitative estimate of drug-likeness (QED) is 0.853. The van der Waals surface area contributed by atoms with Crippen LogP contribution in [-0.4, -0.2) is 17.0 Å². The molecule has 0 unspecified atom stereocenters. The summed E-state index contributed by atoms with van der Waals surface area (Å²) in [7, 11) is 0. The van der Waals surface area contributed by atoms with E-state index in [0.29, 0.717) is 6.54 Å². The molecular weight excluding hydrogens is 327 g/mol. The zero-order valence-electron chi connectivity index (χ0n) is 9.27. The summed E-state index contributed by atoms with van der Waals surface area (Å²) in [6.07, 6.45) is 3.97. The highest BCUT2D eigenvalue weighted by molar-refractivity contribution is 14.1. The molecule has 0 aliphatic heterocycles. The van der Waals surface area contributed by atoms with Crippen molar-refractivity contribution in [2.45, 2.75) is 6.54 Å². The summed E-state index contributed by atoms with van der Waals surface area (Å²) in [5.74, 6) is -0.0119. The van der Waals surface area contributed by atoms with E-state index >= 15 is 0 Å². The van der Waals surface area contributed by atoms with Gasteiger partial charge in [-0.3, -0.25) is 4.79 Å². The lowest BCUT2D eigenvalue weighted by molar-refractivity contribution is 0.0951. The van der Waals surface area contributed by atoms with Gasteiger partial charge in [0.05, 0.1) is 5.56 Å². The minimum absolute atomic E-state index is 0.0119. The molecule has 0 saturated heterocycles. The first kappa shape index (κ1) is 12.2. The van der Waals surface area contributed by atoms with Crippen LogP contribution in [-0.2, 0) is 6.54 Å². The number of aromatic nitrogens is 1. The highest BCUT2D eigenvalue weighted by atomic mass is 127. The van der Waals surface area contributed by atoms with Crippen LogP contribution in [0.3, 0.4) is 0 Å². The maximum Gasteiger partial charge on any atom is 0.252 e. The van der Waals surface area contributed by atoms with Crippen LogP contribution in [0.5, 0.6) is 0 Å². The van der Waals surface area contributed by atoms with E-state index in [0.717, 1.165) is 15.7 Å². The number of carbonyl (C=O) groups excluding carboxylic acids is 1. The lowest BCUT2D eigenvalue weighted by Crippen LogP contribution is -2.27. The van der Waals surface area contributed by atoms with Crippen LogP contribution >= 0.6 is 22.6 Å². The van der Waals surface area contributed by atoms with E-state index < -0.39 is 0 Å². The molecular formula is C13H13IN2O. The van der Waals surface area contributed by atoms with Crippen molar-refractivity contribution >= 4 is 28.5 Å². The number of nitrogens with one attached hydrogen (secondary N) is 1. The summed E-state index contributed by atoms with van der Waals surface area (Å²) >= 11 is 2.17. The Morgan fingerprint density at radius 2 is 1.88 bits per heavy atom. The van der Waals surface area contributed by atoms with Gasteiger partial charge in [0.15, 0.2) is 0 Å². The second kappa shape index (κ2) is 5.86. The average Bonchev–Trinajstić information content (AvgIpc) is 2.82. The molecule has 1 N–H and O–H groups in total. The molecule has 1 aromatic heterocycles. The van der Waals surface area contributed by atoms with Crippen molar-refractivity contribution in [2.24, 2.45) is 0 Å². The Labute approximate surface area is 114 Å². The van der Waals surface area contributed by atoms with E-state index in [1.54, 1.807) is 0 Å². The van der Waals surface area contributed by atoms with Crippen LogP contribution in [0.25, 0.3) is 0 Å². The Morgan fingerprint density at radius 3 is 2.59 bits per heavy atom. The molecule has 1 amide bonds. The summed E-state index contributed by atoms with van der Waals surface area (Å²) in [4.78, 5) is 11.9. The van der Waals surface area contributed by atoms with E-state index in [4.69, 9.17) is 0 Å². The summed E-state index contributed by atoms with van der Waals surface area (Å²) in [5, 5.41) is 2.91. The molecule has 4 heteroatoms. The number of halogens is 1. The van der Waals surface area contributed by atoms with Crippen LogP contribution < -0.4 is 5.32 Å². The number of benzene rings is 1. The van der Waals surface area contributed by atoms with Crippen molar-refractivity contribution in [1.29, 1.82) is 0 Å². The summed E-state index contributed by atoms with van der Waals surface area (Å²) in [6.45, 7) is 1.43. The van der Waals surface area contributed by atoms with Crippen molar-refractivity contribution in [3.8, 4) is 0 Å². The molecule has 2 rings (SSSR count). The van der Waals surface area contributed by atoms with Gasteiger partial charge in [-0.1, -0.05) is 12.1 Å². The van der Waals surface area contributed by atoms with E-state index in [1.807, 2.05) is 53.4 Å². The second-order valence-corrected chi connectivity index (χ2v) is 4.82. The molecule has 0 bridgehead atoms. The molecule has 0 fully saturated rings. The molecule has 0 aliphatic rings. The zero-order chi connectivity index (χ0) is 12.1. The predicted octanol–water partition coefficient (Wildman–Crippen LogP) is 2.52. The maximum absolute atomic E-state index is 11.9. The number of amides is 1. The predicted molar refractivity (Wildman–Crippen MR) is 75.9 cm³/mol. The van der Waals surface area contributed by atoms with E-state index in [-0.39, 0.29) is 5.91 Å². The fourth-order valence-corrected chi connectivity index (χ4v) is 2.19. The first-order chi connectivity index (χ1) is 8.27. The zero-order valence-corrected chi connectivity index (χ0v) is 11.4. The lowest BCUT2D eigenvalue weighted by atomic mass is 10.2. The minimum atomic E-state index is -0.0119. The van der Waals surface area contributed by atoms with Gasteiger partial charge in [0.2, 0.25) is 0 Å². The molecule has 1 aromatic carbocycles. The number of carbonyl (C=O) groups is 1. The molecule has 88 valence electrons. The van der Waals surface area contributed by atoms with Gasteiger partial charge in [-0.25, -0.2) is 0 Å². The highest BCUT2D eigenvalue weighted by Gasteiger charge is 2.07. The van der Waals surface area contributed by atoms with E-state index in [1.165, 1.54) is 0 Å². The normalized spacial score (nSPS) is 10.2. The lowest BCUT2D eigenvalue weighted by Gasteiger charge is -2.07. The fourth-order valence-electron chi connectivity index (χ4n) is 1.56. The van der Waals surface area contributed by atoms with Crippen molar-refractivity contribution < 1.29 is 4.79 Å². The first-order valence-corrected chi connectivity index (χ1v) is 6.49. The molecule has 1 heterocycles. The standard InChI is InChI=1S/C13H13IN2O/c14-12-6-2-1-5-11(12)13(17)15-7-10-16-8-3-4-9-16/h1-6,8-9H,7,10H2,(H,15,17). The van der Waals surface area contributed by atoms with Crippen molar-refractivity contribution in [1.82, 2.24) is 9.88 Å². The summed E-state index contributed by atoms with van der Waals surface area (Å²) < 4.78 is 3.01. The minimum Gasteiger partial charge on any atom is -0.353 e. The third-order valence-corrected chi connectivity index (χ3v) is 3.38. The third-order valence-electron chi connectivity index (χ3n) is 2.44. The molecule has 0 aliphatic carbocycles. The summed E-state index contributed by atoms with van der Waals surface area (Å²) in [5.41, 5.74) is 0.737. The van der Waals surface area contributed by atoms with Gasteiger partial charge in [-0.2, -0.15) is 0 Å².